The maximum absolute atomic E-state index is 15.3. The quantitative estimate of drug-likeness (QED) is 0.286. The van der Waals surface area contributed by atoms with Crippen molar-refractivity contribution in [3.8, 4) is 17.2 Å². The van der Waals surface area contributed by atoms with E-state index < -0.39 is 11.9 Å². The topological polar surface area (TPSA) is 105 Å². The van der Waals surface area contributed by atoms with Crippen LogP contribution in [0.1, 0.15) is 44.5 Å². The molecule has 0 radical (unpaired) electrons. The second kappa shape index (κ2) is 13.8. The fraction of sp³-hybridized carbons (Fsp3) is 0.364. The minimum Gasteiger partial charge on any atom is -0.455 e. The maximum Gasteiger partial charge on any atom is 0.244 e. The minimum absolute atomic E-state index is 0.0908. The summed E-state index contributed by atoms with van der Waals surface area (Å²) in [5.74, 6) is -0.0491. The number of pyridine rings is 1. The summed E-state index contributed by atoms with van der Waals surface area (Å²) in [4.78, 5) is 36.6. The number of nitrogens with one attached hydrogen (secondary N) is 1. The molecule has 1 aliphatic rings. The predicted molar refractivity (Wildman–Crippen MR) is 164 cm³/mol. The van der Waals surface area contributed by atoms with Gasteiger partial charge in [-0.1, -0.05) is 39.0 Å². The molecule has 1 N–H and O–H groups in total. The molecule has 230 valence electrons. The summed E-state index contributed by atoms with van der Waals surface area (Å²) in [7, 11) is 0. The first-order chi connectivity index (χ1) is 21.2. The molecule has 0 bridgehead atoms. The van der Waals surface area contributed by atoms with Crippen molar-refractivity contribution in [2.75, 3.05) is 13.1 Å². The van der Waals surface area contributed by atoms with Gasteiger partial charge in [0.1, 0.15) is 23.4 Å². The van der Waals surface area contributed by atoms with Crippen LogP contribution in [0, 0.1) is 11.7 Å². The number of aromatic nitrogens is 4. The Labute approximate surface area is 256 Å². The van der Waals surface area contributed by atoms with E-state index in [1.807, 2.05) is 62.9 Å². The summed E-state index contributed by atoms with van der Waals surface area (Å²) in [5, 5.41) is 11.3. The molecule has 11 heteroatoms. The van der Waals surface area contributed by atoms with Crippen LogP contribution in [0.15, 0.2) is 73.2 Å². The number of nitrogens with zero attached hydrogens (tertiary/aromatic N) is 6. The summed E-state index contributed by atoms with van der Waals surface area (Å²) >= 11 is 0. The first-order valence-electron chi connectivity index (χ1n) is 14.9. The number of benzene rings is 2. The van der Waals surface area contributed by atoms with Crippen LogP contribution in [0.3, 0.4) is 0 Å². The van der Waals surface area contributed by atoms with Crippen molar-refractivity contribution in [3.05, 3.63) is 95.8 Å². The second-order valence-corrected chi connectivity index (χ2v) is 11.3. The predicted octanol–water partition coefficient (Wildman–Crippen LogP) is 4.53. The summed E-state index contributed by atoms with van der Waals surface area (Å²) in [6.07, 6.45) is 5.59. The third-order valence-electron chi connectivity index (χ3n) is 7.73. The maximum atomic E-state index is 15.3. The van der Waals surface area contributed by atoms with E-state index in [-0.39, 0.29) is 43.4 Å². The molecule has 5 rings (SSSR count). The summed E-state index contributed by atoms with van der Waals surface area (Å²) in [6, 6.07) is 14.9. The van der Waals surface area contributed by atoms with Crippen LogP contribution in [0.4, 0.5) is 4.39 Å². The molecule has 3 heterocycles. The van der Waals surface area contributed by atoms with Gasteiger partial charge in [0, 0.05) is 49.9 Å². The highest BCUT2D eigenvalue weighted by molar-refractivity contribution is 5.89. The van der Waals surface area contributed by atoms with Crippen LogP contribution in [-0.2, 0) is 29.1 Å². The normalized spacial score (nSPS) is 17.1. The average Bonchev–Trinajstić information content (AvgIpc) is 3.57. The number of halogens is 1. The standard InChI is InChI=1S/C33H38FN7O3/c1-5-28-31(10-7-15-35-28)44-30-9-6-8-27(34)26(30)20-39-19-23(4)40(33(43)22(2)3)29(21-39)32(42)36-18-24-11-13-25(14-12-24)41-37-16-17-38-41/h6-17,22-23,29H,5,18-21H2,1-4H3,(H,36,42)/t23-,29-/m1/s1. The van der Waals surface area contributed by atoms with Crippen molar-refractivity contribution < 1.29 is 18.7 Å². The molecule has 10 nitrogen and oxygen atoms in total. The van der Waals surface area contributed by atoms with Gasteiger partial charge in [-0.25, -0.2) is 4.39 Å². The minimum atomic E-state index is -0.748. The van der Waals surface area contributed by atoms with Gasteiger partial charge in [0.2, 0.25) is 11.8 Å². The molecule has 0 unspecified atom stereocenters. The molecule has 2 aromatic heterocycles. The molecular weight excluding hydrogens is 561 g/mol. The number of aryl methyl sites for hydroxylation is 1. The van der Waals surface area contributed by atoms with Gasteiger partial charge in [-0.2, -0.15) is 15.0 Å². The van der Waals surface area contributed by atoms with E-state index in [0.29, 0.717) is 30.0 Å². The number of ether oxygens (including phenoxy) is 1. The molecule has 44 heavy (non-hydrogen) atoms. The zero-order valence-electron chi connectivity index (χ0n) is 25.5. The van der Waals surface area contributed by atoms with E-state index in [0.717, 1.165) is 16.9 Å². The summed E-state index contributed by atoms with van der Waals surface area (Å²) in [6.45, 7) is 8.81. The second-order valence-electron chi connectivity index (χ2n) is 11.3. The Kier molecular flexibility index (Phi) is 9.64. The molecule has 4 aromatic rings. The molecule has 1 aliphatic heterocycles. The number of rotatable bonds is 10. The molecule has 0 spiro atoms. The Morgan fingerprint density at radius 2 is 1.73 bits per heavy atom. The van der Waals surface area contributed by atoms with Crippen LogP contribution in [0.25, 0.3) is 5.69 Å². The van der Waals surface area contributed by atoms with Crippen molar-refractivity contribution in [2.45, 2.75) is 59.3 Å². The molecule has 0 aliphatic carbocycles. The number of amides is 2. The van der Waals surface area contributed by atoms with Gasteiger partial charge in [-0.15, -0.1) is 0 Å². The van der Waals surface area contributed by atoms with Gasteiger partial charge >= 0.3 is 0 Å². The third kappa shape index (κ3) is 6.94. The van der Waals surface area contributed by atoms with Gasteiger partial charge in [0.05, 0.1) is 23.8 Å². The monoisotopic (exact) mass is 599 g/mol. The average molecular weight is 600 g/mol. The fourth-order valence-electron chi connectivity index (χ4n) is 5.50. The van der Waals surface area contributed by atoms with E-state index in [1.54, 1.807) is 41.7 Å². The van der Waals surface area contributed by atoms with Crippen molar-refractivity contribution in [1.29, 1.82) is 0 Å². The van der Waals surface area contributed by atoms with Crippen LogP contribution in [-0.4, -0.2) is 66.8 Å². The van der Waals surface area contributed by atoms with Gasteiger partial charge in [0.15, 0.2) is 0 Å². The zero-order chi connectivity index (χ0) is 31.2. The number of hydrogen-bond donors (Lipinski definition) is 1. The van der Waals surface area contributed by atoms with Crippen molar-refractivity contribution in [3.63, 3.8) is 0 Å². The Bertz CT molecular complexity index is 1580. The van der Waals surface area contributed by atoms with Gasteiger partial charge in [0.25, 0.3) is 0 Å². The molecule has 2 atom stereocenters. The Hall–Kier alpha value is -4.64. The van der Waals surface area contributed by atoms with Crippen LogP contribution < -0.4 is 10.1 Å². The van der Waals surface area contributed by atoms with Crippen molar-refractivity contribution >= 4 is 11.8 Å². The highest BCUT2D eigenvalue weighted by Crippen LogP contribution is 2.31. The largest absolute Gasteiger partial charge is 0.455 e. The van der Waals surface area contributed by atoms with E-state index in [2.05, 4.69) is 20.5 Å². The lowest BCUT2D eigenvalue weighted by molar-refractivity contribution is -0.150. The lowest BCUT2D eigenvalue weighted by Crippen LogP contribution is -2.64. The Morgan fingerprint density at radius 3 is 2.43 bits per heavy atom. The Morgan fingerprint density at radius 1 is 1.00 bits per heavy atom. The smallest absolute Gasteiger partial charge is 0.244 e. The molecular formula is C33H38FN7O3. The summed E-state index contributed by atoms with van der Waals surface area (Å²) in [5.41, 5.74) is 2.87. The van der Waals surface area contributed by atoms with E-state index >= 15 is 4.39 Å². The number of carbonyl (C=O) groups is 2. The number of piperazine rings is 1. The van der Waals surface area contributed by atoms with Crippen LogP contribution in [0.2, 0.25) is 0 Å². The highest BCUT2D eigenvalue weighted by atomic mass is 19.1. The molecule has 2 aromatic carbocycles. The zero-order valence-corrected chi connectivity index (χ0v) is 25.5. The first kappa shape index (κ1) is 30.8. The molecule has 1 saturated heterocycles. The SMILES string of the molecule is CCc1ncccc1Oc1cccc(F)c1CN1C[C@@H](C)N(C(=O)C(C)C)[C@@H](C(=O)NCc2ccc(-n3nccn3)cc2)C1. The van der Waals surface area contributed by atoms with Crippen molar-refractivity contribution in [1.82, 2.24) is 35.1 Å². The Balaban J connectivity index is 1.33. The van der Waals surface area contributed by atoms with Crippen LogP contribution in [0.5, 0.6) is 11.5 Å². The van der Waals surface area contributed by atoms with Crippen LogP contribution >= 0.6 is 0 Å². The van der Waals surface area contributed by atoms with Crippen molar-refractivity contribution in [2.24, 2.45) is 5.92 Å². The van der Waals surface area contributed by atoms with E-state index in [4.69, 9.17) is 4.74 Å². The highest BCUT2D eigenvalue weighted by Gasteiger charge is 2.40. The third-order valence-corrected chi connectivity index (χ3v) is 7.73. The van der Waals surface area contributed by atoms with Gasteiger partial charge in [-0.05, 0) is 55.3 Å². The fourth-order valence-corrected chi connectivity index (χ4v) is 5.50. The number of carbonyl (C=O) groups excluding carboxylic acids is 2. The lowest BCUT2D eigenvalue weighted by Gasteiger charge is -2.45. The first-order valence-corrected chi connectivity index (χ1v) is 14.9. The lowest BCUT2D eigenvalue weighted by atomic mass is 10.0. The molecule has 0 saturated carbocycles. The molecule has 1 fully saturated rings. The molecule has 2 amide bonds. The van der Waals surface area contributed by atoms with Gasteiger partial charge in [-0.3, -0.25) is 19.5 Å². The number of hydrogen-bond acceptors (Lipinski definition) is 7. The van der Waals surface area contributed by atoms with E-state index in [9.17, 15) is 9.59 Å². The summed E-state index contributed by atoms with van der Waals surface area (Å²) < 4.78 is 21.5. The van der Waals surface area contributed by atoms with Gasteiger partial charge < -0.3 is 15.0 Å². The van der Waals surface area contributed by atoms with E-state index in [1.165, 1.54) is 10.9 Å².